The molecule has 0 radical (unpaired) electrons. The second-order valence-electron chi connectivity index (χ2n) is 9.35. The van der Waals surface area contributed by atoms with Crippen molar-refractivity contribution in [3.63, 3.8) is 0 Å². The molecule has 3 aromatic rings. The molecule has 9 nitrogen and oxygen atoms in total. The van der Waals surface area contributed by atoms with Crippen molar-refractivity contribution in [3.8, 4) is 5.75 Å². The second kappa shape index (κ2) is 11.5. The molecule has 0 fully saturated rings. The van der Waals surface area contributed by atoms with Crippen LogP contribution in [-0.2, 0) is 30.9 Å². The zero-order valence-corrected chi connectivity index (χ0v) is 21.0. The van der Waals surface area contributed by atoms with Gasteiger partial charge in [-0.2, -0.15) is 0 Å². The third kappa shape index (κ3) is 6.29. The molecule has 1 aromatic carbocycles. The van der Waals surface area contributed by atoms with Gasteiger partial charge in [-0.25, -0.2) is 0 Å². The van der Waals surface area contributed by atoms with Gasteiger partial charge in [-0.3, -0.25) is 9.69 Å². The Morgan fingerprint density at radius 1 is 1.09 bits per heavy atom. The minimum atomic E-state index is -0.259. The molecule has 0 bridgehead atoms. The summed E-state index contributed by atoms with van der Waals surface area (Å²) in [5.74, 6) is 3.62. The Hall–Kier alpha value is -3.17. The largest absolute Gasteiger partial charge is 0.497 e. The molecule has 0 spiro atoms. The van der Waals surface area contributed by atoms with E-state index in [-0.39, 0.29) is 17.7 Å². The van der Waals surface area contributed by atoms with Crippen molar-refractivity contribution in [1.29, 1.82) is 0 Å². The molecule has 4 rings (SSSR count). The number of carbonyl (C=O) groups is 1. The number of hydrogen-bond acceptors (Lipinski definition) is 7. The number of furan rings is 1. The van der Waals surface area contributed by atoms with Crippen LogP contribution < -0.4 is 10.1 Å². The summed E-state index contributed by atoms with van der Waals surface area (Å²) in [5, 5.41) is 12.1. The Kier molecular flexibility index (Phi) is 8.20. The molecule has 9 heteroatoms. The third-order valence-electron chi connectivity index (χ3n) is 6.21. The molecule has 0 saturated carbocycles. The highest BCUT2D eigenvalue weighted by atomic mass is 16.5. The number of methoxy groups -OCH3 is 2. The first-order valence-corrected chi connectivity index (χ1v) is 12.1. The number of hydrogen-bond donors (Lipinski definition) is 1. The normalized spacial score (nSPS) is 15.0. The van der Waals surface area contributed by atoms with E-state index in [9.17, 15) is 4.79 Å². The molecular weight excluding hydrogens is 446 g/mol. The summed E-state index contributed by atoms with van der Waals surface area (Å²) < 4.78 is 18.2. The molecule has 35 heavy (non-hydrogen) atoms. The number of amides is 1. The molecule has 1 atom stereocenters. The molecule has 1 N–H and O–H groups in total. The lowest BCUT2D eigenvalue weighted by Crippen LogP contribution is -2.32. The number of nitrogens with zero attached hydrogens (tertiary/aromatic N) is 4. The van der Waals surface area contributed by atoms with Gasteiger partial charge in [-0.15, -0.1) is 10.2 Å². The van der Waals surface area contributed by atoms with Crippen LogP contribution in [0, 0.1) is 5.92 Å². The van der Waals surface area contributed by atoms with Gasteiger partial charge in [-0.05, 0) is 42.2 Å². The zero-order chi connectivity index (χ0) is 24.8. The summed E-state index contributed by atoms with van der Waals surface area (Å²) >= 11 is 0. The maximum atomic E-state index is 13.0. The maximum absolute atomic E-state index is 13.0. The highest BCUT2D eigenvalue weighted by molar-refractivity contribution is 5.91. The first-order valence-electron chi connectivity index (χ1n) is 12.1. The summed E-state index contributed by atoms with van der Waals surface area (Å²) in [7, 11) is 3.27. The van der Waals surface area contributed by atoms with Gasteiger partial charge in [-0.1, -0.05) is 26.0 Å². The molecule has 1 unspecified atom stereocenters. The van der Waals surface area contributed by atoms with Crippen molar-refractivity contribution in [2.75, 3.05) is 27.3 Å². The molecule has 1 aliphatic rings. The Balaban J connectivity index is 1.46. The van der Waals surface area contributed by atoms with Crippen molar-refractivity contribution in [2.45, 2.75) is 52.4 Å². The average molecular weight is 482 g/mol. The van der Waals surface area contributed by atoms with Gasteiger partial charge in [0.05, 0.1) is 13.2 Å². The van der Waals surface area contributed by atoms with Gasteiger partial charge in [0.15, 0.2) is 11.6 Å². The highest BCUT2D eigenvalue weighted by Crippen LogP contribution is 2.24. The van der Waals surface area contributed by atoms with E-state index in [1.807, 2.05) is 12.1 Å². The first-order chi connectivity index (χ1) is 17.0. The lowest BCUT2D eigenvalue weighted by molar-refractivity contribution is 0.0892. The summed E-state index contributed by atoms with van der Waals surface area (Å²) in [6.45, 7) is 8.03. The van der Waals surface area contributed by atoms with Crippen LogP contribution in [0.2, 0.25) is 0 Å². The van der Waals surface area contributed by atoms with Crippen molar-refractivity contribution in [3.05, 3.63) is 65.1 Å². The number of aromatic nitrogens is 3. The van der Waals surface area contributed by atoms with Crippen molar-refractivity contribution >= 4 is 5.91 Å². The molecule has 0 aliphatic carbocycles. The van der Waals surface area contributed by atoms with Crippen LogP contribution in [0.5, 0.6) is 5.75 Å². The summed E-state index contributed by atoms with van der Waals surface area (Å²) in [6, 6.07) is 11.4. The monoisotopic (exact) mass is 481 g/mol. The van der Waals surface area contributed by atoms with E-state index >= 15 is 0 Å². The van der Waals surface area contributed by atoms with E-state index in [1.165, 1.54) is 5.56 Å². The van der Waals surface area contributed by atoms with Gasteiger partial charge >= 0.3 is 0 Å². The van der Waals surface area contributed by atoms with Crippen molar-refractivity contribution in [2.24, 2.45) is 5.92 Å². The van der Waals surface area contributed by atoms with E-state index in [2.05, 4.69) is 51.0 Å². The minimum Gasteiger partial charge on any atom is -0.497 e. The summed E-state index contributed by atoms with van der Waals surface area (Å²) in [4.78, 5) is 15.4. The van der Waals surface area contributed by atoms with Gasteiger partial charge in [0.1, 0.15) is 23.9 Å². The van der Waals surface area contributed by atoms with Crippen LogP contribution in [0.25, 0.3) is 0 Å². The van der Waals surface area contributed by atoms with Crippen LogP contribution in [0.4, 0.5) is 0 Å². The van der Waals surface area contributed by atoms with Crippen LogP contribution in [-0.4, -0.2) is 52.9 Å². The quantitative estimate of drug-likeness (QED) is 0.473. The Bertz CT molecular complexity index is 1110. The second-order valence-corrected chi connectivity index (χ2v) is 9.35. The van der Waals surface area contributed by atoms with E-state index in [0.717, 1.165) is 56.4 Å². The topological polar surface area (TPSA) is 94.6 Å². The van der Waals surface area contributed by atoms with E-state index < -0.39 is 0 Å². The molecule has 1 amide bonds. The molecule has 3 heterocycles. The number of rotatable bonds is 10. The zero-order valence-electron chi connectivity index (χ0n) is 21.0. The van der Waals surface area contributed by atoms with Crippen LogP contribution in [0.1, 0.15) is 59.8 Å². The van der Waals surface area contributed by atoms with E-state index in [4.69, 9.17) is 13.9 Å². The number of ether oxygens (including phenoxy) is 2. The lowest BCUT2D eigenvalue weighted by atomic mass is 10.0. The van der Waals surface area contributed by atoms with Crippen LogP contribution in [0.15, 0.2) is 40.8 Å². The summed E-state index contributed by atoms with van der Waals surface area (Å²) in [6.07, 6.45) is 1.56. The predicted octanol–water partition coefficient (Wildman–Crippen LogP) is 3.60. The van der Waals surface area contributed by atoms with Gasteiger partial charge in [0, 0.05) is 39.7 Å². The minimum absolute atomic E-state index is 0.257. The van der Waals surface area contributed by atoms with E-state index in [1.54, 1.807) is 26.4 Å². The van der Waals surface area contributed by atoms with Gasteiger partial charge < -0.3 is 23.8 Å². The fraction of sp³-hybridized carbons (Fsp3) is 0.500. The smallest absolute Gasteiger partial charge is 0.287 e. The average Bonchev–Trinajstić information content (AvgIpc) is 3.43. The Morgan fingerprint density at radius 3 is 2.60 bits per heavy atom. The maximum Gasteiger partial charge on any atom is 0.287 e. The molecule has 1 aliphatic heterocycles. The first kappa shape index (κ1) is 24.9. The number of fused-ring (bicyclic) bond motifs is 1. The molecule has 0 saturated heterocycles. The number of carbonyl (C=O) groups excluding carboxylic acids is 1. The van der Waals surface area contributed by atoms with E-state index in [0.29, 0.717) is 18.3 Å². The predicted molar refractivity (Wildman–Crippen MR) is 131 cm³/mol. The van der Waals surface area contributed by atoms with Crippen LogP contribution in [0.3, 0.4) is 0 Å². The number of benzene rings is 1. The molecular formula is C26H35N5O4. The summed E-state index contributed by atoms with van der Waals surface area (Å²) in [5.41, 5.74) is 1.25. The fourth-order valence-electron chi connectivity index (χ4n) is 4.44. The number of nitrogens with one attached hydrogen (secondary N) is 1. The Labute approximate surface area is 206 Å². The fourth-order valence-corrected chi connectivity index (χ4v) is 4.44. The van der Waals surface area contributed by atoms with Crippen LogP contribution >= 0.6 is 0 Å². The van der Waals surface area contributed by atoms with Gasteiger partial charge in [0.25, 0.3) is 5.91 Å². The highest BCUT2D eigenvalue weighted by Gasteiger charge is 2.27. The Morgan fingerprint density at radius 2 is 1.89 bits per heavy atom. The molecule has 2 aromatic heterocycles. The van der Waals surface area contributed by atoms with Crippen molar-refractivity contribution < 1.29 is 18.7 Å². The van der Waals surface area contributed by atoms with Gasteiger partial charge in [0.2, 0.25) is 0 Å². The third-order valence-corrected chi connectivity index (χ3v) is 6.21. The van der Waals surface area contributed by atoms with Crippen molar-refractivity contribution in [1.82, 2.24) is 25.0 Å². The standard InChI is InChI=1S/C26H35N5O4/c1-18(2)15-22(27-26(32)23-10-9-21(35-23)17-33-3)25-29-28-24-11-12-30(13-14-31(24)25)16-19-5-7-20(34-4)8-6-19/h5-10,18,22H,11-17H2,1-4H3,(H,27,32). The molecule has 188 valence electrons. The lowest BCUT2D eigenvalue weighted by Gasteiger charge is -2.22. The SMILES string of the molecule is COCc1ccc(C(=O)NC(CC(C)C)c2nnc3n2CCN(Cc2ccc(OC)cc2)CC3)o1.